The molecule has 0 saturated carbocycles. The van der Waals surface area contributed by atoms with Crippen molar-refractivity contribution in [2.45, 2.75) is 71.1 Å². The van der Waals surface area contributed by atoms with Gasteiger partial charge in [-0.25, -0.2) is 4.79 Å². The number of carboxylic acids is 1. The summed E-state index contributed by atoms with van der Waals surface area (Å²) in [6.07, 6.45) is 23.7. The summed E-state index contributed by atoms with van der Waals surface area (Å²) in [5.74, 6) is -0.909. The molecule has 0 atom stereocenters. The van der Waals surface area contributed by atoms with Gasteiger partial charge in [-0.2, -0.15) is 0 Å². The zero-order valence-corrected chi connectivity index (χ0v) is 12.9. The van der Waals surface area contributed by atoms with Gasteiger partial charge in [-0.05, 0) is 12.8 Å². The van der Waals surface area contributed by atoms with Crippen LogP contribution in [-0.4, -0.2) is 11.1 Å². The number of carboxylic acid groups (broad SMARTS) is 1. The summed E-state index contributed by atoms with van der Waals surface area (Å²) in [4.78, 5) is 10.2. The minimum Gasteiger partial charge on any atom is -0.478 e. The van der Waals surface area contributed by atoms with Crippen LogP contribution in [0.1, 0.15) is 71.1 Å². The second kappa shape index (κ2) is 15.7. The van der Waals surface area contributed by atoms with Crippen LogP contribution in [0.4, 0.5) is 0 Å². The molecular weight excluding hydrogens is 248 g/mol. The summed E-state index contributed by atoms with van der Waals surface area (Å²) < 4.78 is 0. The van der Waals surface area contributed by atoms with Crippen LogP contribution in [0.3, 0.4) is 0 Å². The molecule has 0 unspecified atom stereocenters. The van der Waals surface area contributed by atoms with E-state index >= 15 is 0 Å². The second-order valence-corrected chi connectivity index (χ2v) is 5.13. The maximum Gasteiger partial charge on any atom is 0.328 e. The van der Waals surface area contributed by atoms with Gasteiger partial charge in [0.15, 0.2) is 0 Å². The molecule has 0 aliphatic carbocycles. The minimum atomic E-state index is -0.909. The lowest BCUT2D eigenvalue weighted by Crippen LogP contribution is -1.84. The monoisotopic (exact) mass is 278 g/mol. The summed E-state index contributed by atoms with van der Waals surface area (Å²) >= 11 is 0. The van der Waals surface area contributed by atoms with Gasteiger partial charge < -0.3 is 5.11 Å². The van der Waals surface area contributed by atoms with Crippen molar-refractivity contribution in [3.63, 3.8) is 0 Å². The molecule has 114 valence electrons. The van der Waals surface area contributed by atoms with Crippen LogP contribution in [0, 0.1) is 0 Å². The number of aliphatic carboxylic acids is 1. The van der Waals surface area contributed by atoms with Crippen LogP contribution < -0.4 is 0 Å². The van der Waals surface area contributed by atoms with Gasteiger partial charge in [-0.15, -0.1) is 0 Å². The average molecular weight is 278 g/mol. The number of rotatable bonds is 13. The van der Waals surface area contributed by atoms with E-state index in [2.05, 4.69) is 13.0 Å². The standard InChI is InChI=1S/C18H30O2/c1-2-3-4-5-6-7-8-9-10-11-12-13-14-15-16-17-18(19)20/h12-17H,2-11H2,1H3,(H,19,20)/b13-12?,15-14?,17-16+. The Morgan fingerprint density at radius 1 is 0.800 bits per heavy atom. The van der Waals surface area contributed by atoms with Gasteiger partial charge in [-0.1, -0.05) is 88.7 Å². The molecule has 0 aromatic heterocycles. The summed E-state index contributed by atoms with van der Waals surface area (Å²) in [5.41, 5.74) is 0. The van der Waals surface area contributed by atoms with E-state index in [1.165, 1.54) is 63.9 Å². The number of unbranched alkanes of at least 4 members (excludes halogenated alkanes) is 9. The molecular formula is C18H30O2. The number of carbonyl (C=O) groups is 1. The molecule has 0 radical (unpaired) electrons. The maximum absolute atomic E-state index is 10.2. The van der Waals surface area contributed by atoms with E-state index in [0.29, 0.717) is 0 Å². The van der Waals surface area contributed by atoms with E-state index in [1.54, 1.807) is 6.08 Å². The first-order chi connectivity index (χ1) is 9.77. The third-order valence-electron chi connectivity index (χ3n) is 3.18. The average Bonchev–Trinajstić information content (AvgIpc) is 2.43. The quantitative estimate of drug-likeness (QED) is 0.268. The van der Waals surface area contributed by atoms with Crippen LogP contribution in [0.2, 0.25) is 0 Å². The normalized spacial score (nSPS) is 12.1. The second-order valence-electron chi connectivity index (χ2n) is 5.13. The predicted octanol–water partition coefficient (Wildman–Crippen LogP) is 5.66. The Balaban J connectivity index is 3.25. The molecule has 0 heterocycles. The van der Waals surface area contributed by atoms with Gasteiger partial charge in [0.2, 0.25) is 0 Å². The third-order valence-corrected chi connectivity index (χ3v) is 3.18. The van der Waals surface area contributed by atoms with Gasteiger partial charge in [0.05, 0.1) is 0 Å². The van der Waals surface area contributed by atoms with Crippen molar-refractivity contribution in [1.29, 1.82) is 0 Å². The molecule has 2 nitrogen and oxygen atoms in total. The van der Waals surface area contributed by atoms with Crippen molar-refractivity contribution in [3.05, 3.63) is 36.5 Å². The van der Waals surface area contributed by atoms with E-state index in [-0.39, 0.29) is 0 Å². The Hall–Kier alpha value is -1.31. The zero-order chi connectivity index (χ0) is 14.9. The van der Waals surface area contributed by atoms with Gasteiger partial charge in [0.1, 0.15) is 0 Å². The van der Waals surface area contributed by atoms with Gasteiger partial charge in [-0.3, -0.25) is 0 Å². The number of hydrogen-bond donors (Lipinski definition) is 1. The molecule has 0 aliphatic rings. The van der Waals surface area contributed by atoms with E-state index in [1.807, 2.05) is 12.2 Å². The highest BCUT2D eigenvalue weighted by Crippen LogP contribution is 2.10. The summed E-state index contributed by atoms with van der Waals surface area (Å²) in [6.45, 7) is 2.26. The van der Waals surface area contributed by atoms with Gasteiger partial charge in [0.25, 0.3) is 0 Å². The van der Waals surface area contributed by atoms with Gasteiger partial charge in [0, 0.05) is 6.08 Å². The molecule has 0 aromatic rings. The Morgan fingerprint density at radius 3 is 1.95 bits per heavy atom. The highest BCUT2D eigenvalue weighted by molar-refractivity contribution is 5.80. The van der Waals surface area contributed by atoms with Crippen LogP contribution in [0.25, 0.3) is 0 Å². The van der Waals surface area contributed by atoms with Crippen molar-refractivity contribution in [2.24, 2.45) is 0 Å². The molecule has 0 spiro atoms. The molecule has 0 amide bonds. The molecule has 2 heteroatoms. The number of hydrogen-bond acceptors (Lipinski definition) is 1. The van der Waals surface area contributed by atoms with Crippen molar-refractivity contribution in [2.75, 3.05) is 0 Å². The molecule has 0 aliphatic heterocycles. The lowest BCUT2D eigenvalue weighted by Gasteiger charge is -2.00. The van der Waals surface area contributed by atoms with E-state index in [4.69, 9.17) is 5.11 Å². The Morgan fingerprint density at radius 2 is 1.35 bits per heavy atom. The Kier molecular flexibility index (Phi) is 14.7. The highest BCUT2D eigenvalue weighted by Gasteiger charge is 1.90. The third kappa shape index (κ3) is 16.7. The molecule has 0 saturated heterocycles. The first kappa shape index (κ1) is 18.7. The SMILES string of the molecule is CCCCCCCCCCCC=CC=C/C=C/C(=O)O. The van der Waals surface area contributed by atoms with Crippen molar-refractivity contribution in [3.8, 4) is 0 Å². The minimum absolute atomic E-state index is 0.909. The Bertz CT molecular complexity index is 301. The van der Waals surface area contributed by atoms with Crippen LogP contribution in [-0.2, 0) is 4.79 Å². The summed E-state index contributed by atoms with van der Waals surface area (Å²) in [7, 11) is 0. The first-order valence-electron chi connectivity index (χ1n) is 8.00. The van der Waals surface area contributed by atoms with E-state index in [9.17, 15) is 4.79 Å². The van der Waals surface area contributed by atoms with Crippen LogP contribution >= 0.6 is 0 Å². The van der Waals surface area contributed by atoms with Crippen LogP contribution in [0.15, 0.2) is 36.5 Å². The Labute approximate surface area is 124 Å². The molecule has 0 fully saturated rings. The summed E-state index contributed by atoms with van der Waals surface area (Å²) in [6, 6.07) is 0. The zero-order valence-electron chi connectivity index (χ0n) is 12.9. The van der Waals surface area contributed by atoms with Crippen molar-refractivity contribution >= 4 is 5.97 Å². The highest BCUT2D eigenvalue weighted by atomic mass is 16.4. The topological polar surface area (TPSA) is 37.3 Å². The summed E-state index contributed by atoms with van der Waals surface area (Å²) in [5, 5.41) is 8.38. The predicted molar refractivity (Wildman–Crippen MR) is 86.9 cm³/mol. The molecule has 0 bridgehead atoms. The molecule has 20 heavy (non-hydrogen) atoms. The lowest BCUT2D eigenvalue weighted by atomic mass is 10.1. The largest absolute Gasteiger partial charge is 0.478 e. The molecule has 0 aromatic carbocycles. The van der Waals surface area contributed by atoms with Crippen molar-refractivity contribution < 1.29 is 9.90 Å². The number of allylic oxidation sites excluding steroid dienone is 5. The smallest absolute Gasteiger partial charge is 0.328 e. The first-order valence-corrected chi connectivity index (χ1v) is 8.00. The maximum atomic E-state index is 10.2. The fraction of sp³-hybridized carbons (Fsp3) is 0.611. The fourth-order valence-electron chi connectivity index (χ4n) is 2.01. The van der Waals surface area contributed by atoms with Crippen molar-refractivity contribution in [1.82, 2.24) is 0 Å². The van der Waals surface area contributed by atoms with E-state index in [0.717, 1.165) is 12.5 Å². The van der Waals surface area contributed by atoms with E-state index < -0.39 is 5.97 Å². The van der Waals surface area contributed by atoms with Gasteiger partial charge >= 0.3 is 5.97 Å². The van der Waals surface area contributed by atoms with Crippen LogP contribution in [0.5, 0.6) is 0 Å². The lowest BCUT2D eigenvalue weighted by molar-refractivity contribution is -0.131. The molecule has 1 N–H and O–H groups in total. The molecule has 0 rings (SSSR count). The fourth-order valence-corrected chi connectivity index (χ4v) is 2.01.